The molecule has 2 aromatic rings. The highest BCUT2D eigenvalue weighted by Gasteiger charge is 2.30. The Balaban J connectivity index is 2.10. The molecule has 0 saturated carbocycles. The van der Waals surface area contributed by atoms with Crippen molar-refractivity contribution in [3.8, 4) is 0 Å². The summed E-state index contributed by atoms with van der Waals surface area (Å²) in [4.78, 5) is 12.2. The molecule has 130 valence electrons. The van der Waals surface area contributed by atoms with Gasteiger partial charge in [-0.05, 0) is 11.5 Å². The summed E-state index contributed by atoms with van der Waals surface area (Å²) in [5.74, 6) is -1.33. The number of hydrogen-bond donors (Lipinski definition) is 2. The number of hydrogen-bond acceptors (Lipinski definition) is 2. The predicted octanol–water partition coefficient (Wildman–Crippen LogP) is 3.28. The smallest absolute Gasteiger partial charge is 0.315 e. The van der Waals surface area contributed by atoms with Crippen molar-refractivity contribution >= 4 is 6.03 Å². The lowest BCUT2D eigenvalue weighted by molar-refractivity contribution is 0.216. The predicted molar refractivity (Wildman–Crippen MR) is 87.1 cm³/mol. The molecular weight excluding hydrogens is 314 g/mol. The highest BCUT2D eigenvalue weighted by atomic mass is 19.1. The van der Waals surface area contributed by atoms with E-state index in [-0.39, 0.29) is 5.56 Å². The normalized spacial score (nSPS) is 12.8. The quantitative estimate of drug-likeness (QED) is 0.900. The first-order valence-electron chi connectivity index (χ1n) is 7.63. The second-order valence-corrected chi connectivity index (χ2v) is 6.81. The van der Waals surface area contributed by atoms with Gasteiger partial charge in [-0.2, -0.15) is 5.10 Å². The van der Waals surface area contributed by atoms with Gasteiger partial charge in [-0.25, -0.2) is 13.6 Å². The van der Waals surface area contributed by atoms with Crippen LogP contribution in [0.5, 0.6) is 0 Å². The average Bonchev–Trinajstić information content (AvgIpc) is 2.88. The van der Waals surface area contributed by atoms with Crippen molar-refractivity contribution in [2.45, 2.75) is 33.4 Å². The molecule has 0 bridgehead atoms. The van der Waals surface area contributed by atoms with E-state index in [0.29, 0.717) is 6.54 Å². The zero-order valence-electron chi connectivity index (χ0n) is 14.2. The summed E-state index contributed by atoms with van der Waals surface area (Å²) in [5.41, 5.74) is 0.651. The van der Waals surface area contributed by atoms with Crippen LogP contribution in [0, 0.1) is 17.0 Å². The summed E-state index contributed by atoms with van der Waals surface area (Å²) < 4.78 is 28.9. The van der Waals surface area contributed by atoms with E-state index in [0.717, 1.165) is 11.6 Å². The molecule has 2 N–H and O–H groups in total. The van der Waals surface area contributed by atoms with Crippen LogP contribution >= 0.6 is 0 Å². The van der Waals surface area contributed by atoms with Crippen LogP contribution in [0.25, 0.3) is 0 Å². The fraction of sp³-hybridized carbons (Fsp3) is 0.412. The molecule has 1 aromatic carbocycles. The topological polar surface area (TPSA) is 59.0 Å². The second-order valence-electron chi connectivity index (χ2n) is 6.81. The third-order valence-corrected chi connectivity index (χ3v) is 3.63. The molecular formula is C17H22F2N4O. The van der Waals surface area contributed by atoms with E-state index in [4.69, 9.17) is 0 Å². The Morgan fingerprint density at radius 2 is 2.04 bits per heavy atom. The van der Waals surface area contributed by atoms with Gasteiger partial charge >= 0.3 is 6.03 Å². The number of nitrogens with zero attached hydrogens (tertiary/aromatic N) is 2. The summed E-state index contributed by atoms with van der Waals surface area (Å²) in [7, 11) is 1.79. The van der Waals surface area contributed by atoms with E-state index in [1.165, 1.54) is 12.1 Å². The van der Waals surface area contributed by atoms with Gasteiger partial charge in [0, 0.05) is 37.0 Å². The van der Waals surface area contributed by atoms with Gasteiger partial charge in [0.2, 0.25) is 0 Å². The molecule has 7 heteroatoms. The van der Waals surface area contributed by atoms with Gasteiger partial charge < -0.3 is 10.6 Å². The number of benzene rings is 1. The molecule has 2 amide bonds. The molecule has 2 rings (SSSR count). The zero-order chi connectivity index (χ0) is 17.9. The average molecular weight is 336 g/mol. The first kappa shape index (κ1) is 17.9. The standard InChI is InChI=1S/C17H22F2N4O/c1-17(2,3)15(13-6-5-12(18)7-14(13)19)22-16(24)20-8-11-9-21-23(4)10-11/h5-7,9-10,15H,8H2,1-4H3,(H2,20,22,24). The largest absolute Gasteiger partial charge is 0.334 e. The SMILES string of the molecule is Cn1cc(CNC(=O)NC(c2ccc(F)cc2F)C(C)(C)C)cn1. The van der Waals surface area contributed by atoms with Crippen LogP contribution in [0.3, 0.4) is 0 Å². The Morgan fingerprint density at radius 3 is 2.58 bits per heavy atom. The molecule has 1 aromatic heterocycles. The number of carbonyl (C=O) groups is 1. The van der Waals surface area contributed by atoms with Crippen molar-refractivity contribution < 1.29 is 13.6 Å². The van der Waals surface area contributed by atoms with Crippen LogP contribution in [-0.4, -0.2) is 15.8 Å². The van der Waals surface area contributed by atoms with Crippen LogP contribution in [0.15, 0.2) is 30.6 Å². The highest BCUT2D eigenvalue weighted by Crippen LogP contribution is 2.34. The fourth-order valence-corrected chi connectivity index (χ4v) is 2.42. The summed E-state index contributed by atoms with van der Waals surface area (Å²) in [6, 6.07) is 2.34. The maximum atomic E-state index is 14.1. The number of urea groups is 1. The lowest BCUT2D eigenvalue weighted by Gasteiger charge is -2.32. The molecule has 0 aliphatic rings. The Bertz CT molecular complexity index is 722. The number of aryl methyl sites for hydroxylation is 1. The van der Waals surface area contributed by atoms with E-state index >= 15 is 0 Å². The summed E-state index contributed by atoms with van der Waals surface area (Å²) in [6.45, 7) is 5.94. The number of rotatable bonds is 4. The van der Waals surface area contributed by atoms with E-state index in [1.807, 2.05) is 20.8 Å². The Hall–Kier alpha value is -2.44. The monoisotopic (exact) mass is 336 g/mol. The molecule has 0 aliphatic heterocycles. The van der Waals surface area contributed by atoms with Crippen molar-refractivity contribution in [1.29, 1.82) is 0 Å². The molecule has 24 heavy (non-hydrogen) atoms. The molecule has 1 unspecified atom stereocenters. The molecule has 0 radical (unpaired) electrons. The number of nitrogens with one attached hydrogen (secondary N) is 2. The van der Waals surface area contributed by atoms with Crippen LogP contribution in [0.1, 0.15) is 37.9 Å². The van der Waals surface area contributed by atoms with E-state index in [2.05, 4.69) is 15.7 Å². The molecule has 1 heterocycles. The van der Waals surface area contributed by atoms with Crippen LogP contribution in [-0.2, 0) is 13.6 Å². The van der Waals surface area contributed by atoms with Crippen molar-refractivity contribution in [1.82, 2.24) is 20.4 Å². The van der Waals surface area contributed by atoms with Gasteiger partial charge in [0.1, 0.15) is 11.6 Å². The summed E-state index contributed by atoms with van der Waals surface area (Å²) in [5, 5.41) is 9.51. The highest BCUT2D eigenvalue weighted by molar-refractivity contribution is 5.74. The molecule has 5 nitrogen and oxygen atoms in total. The maximum Gasteiger partial charge on any atom is 0.315 e. The molecule has 0 aliphatic carbocycles. The van der Waals surface area contributed by atoms with Crippen molar-refractivity contribution in [3.05, 3.63) is 53.4 Å². The van der Waals surface area contributed by atoms with E-state index in [1.54, 1.807) is 24.1 Å². The Morgan fingerprint density at radius 1 is 1.33 bits per heavy atom. The minimum absolute atomic E-state index is 0.250. The minimum atomic E-state index is -0.678. The van der Waals surface area contributed by atoms with Gasteiger partial charge in [0.25, 0.3) is 0 Å². The minimum Gasteiger partial charge on any atom is -0.334 e. The Labute approximate surface area is 140 Å². The van der Waals surface area contributed by atoms with Crippen molar-refractivity contribution in [2.24, 2.45) is 12.5 Å². The van der Waals surface area contributed by atoms with E-state index in [9.17, 15) is 13.6 Å². The van der Waals surface area contributed by atoms with Crippen LogP contribution in [0.4, 0.5) is 13.6 Å². The van der Waals surface area contributed by atoms with Crippen LogP contribution in [0.2, 0.25) is 0 Å². The third kappa shape index (κ3) is 4.53. The molecule has 0 fully saturated rings. The summed E-state index contributed by atoms with van der Waals surface area (Å²) >= 11 is 0. The number of amides is 2. The first-order valence-corrected chi connectivity index (χ1v) is 7.63. The van der Waals surface area contributed by atoms with Gasteiger partial charge in [-0.3, -0.25) is 4.68 Å². The third-order valence-electron chi connectivity index (χ3n) is 3.63. The van der Waals surface area contributed by atoms with Gasteiger partial charge in [0.15, 0.2) is 0 Å². The first-order chi connectivity index (χ1) is 11.2. The second kappa shape index (κ2) is 6.98. The van der Waals surface area contributed by atoms with Crippen molar-refractivity contribution in [3.63, 3.8) is 0 Å². The summed E-state index contributed by atoms with van der Waals surface area (Å²) in [6.07, 6.45) is 3.45. The molecule has 1 atom stereocenters. The molecule has 0 spiro atoms. The van der Waals surface area contributed by atoms with Gasteiger partial charge in [0.05, 0.1) is 12.2 Å². The van der Waals surface area contributed by atoms with E-state index < -0.39 is 29.1 Å². The van der Waals surface area contributed by atoms with Gasteiger partial charge in [-0.15, -0.1) is 0 Å². The molecule has 0 saturated heterocycles. The van der Waals surface area contributed by atoms with Gasteiger partial charge in [-0.1, -0.05) is 26.8 Å². The number of halogens is 2. The van der Waals surface area contributed by atoms with Crippen molar-refractivity contribution in [2.75, 3.05) is 0 Å². The maximum absolute atomic E-state index is 14.1. The Kier molecular flexibility index (Phi) is 5.21. The lowest BCUT2D eigenvalue weighted by atomic mass is 9.82. The lowest BCUT2D eigenvalue weighted by Crippen LogP contribution is -2.42. The van der Waals surface area contributed by atoms with Crippen LogP contribution < -0.4 is 10.6 Å². The zero-order valence-corrected chi connectivity index (χ0v) is 14.2. The number of carbonyl (C=O) groups excluding carboxylic acids is 1. The number of aromatic nitrogens is 2. The fourth-order valence-electron chi connectivity index (χ4n) is 2.42.